The molecule has 0 aromatic heterocycles. The number of carbonyl (C=O) groups excluding carboxylic acids is 1. The molecule has 0 rings (SSSR count). The van der Waals surface area contributed by atoms with Gasteiger partial charge in [-0.15, -0.1) is 0 Å². The third kappa shape index (κ3) is 55.7. The van der Waals surface area contributed by atoms with E-state index >= 15 is 0 Å². The maximum Gasteiger partial charge on any atom is 0.220 e. The van der Waals surface area contributed by atoms with Crippen LogP contribution in [-0.4, -0.2) is 34.9 Å². The number of aliphatic hydroxyl groups is 2. The Morgan fingerprint density at radius 3 is 0.821 bits per heavy atom. The van der Waals surface area contributed by atoms with Crippen LogP contribution in [0, 0.1) is 0 Å². The highest BCUT2D eigenvalue weighted by atomic mass is 16.3. The smallest absolute Gasteiger partial charge is 0.220 e. The molecule has 0 aromatic carbocycles. The number of allylic oxidation sites excluding steroid dienone is 3. The van der Waals surface area contributed by atoms with Crippen LogP contribution in [0.5, 0.6) is 0 Å². The number of rotatable bonds is 58. The lowest BCUT2D eigenvalue weighted by Crippen LogP contribution is -2.45. The van der Waals surface area contributed by atoms with Gasteiger partial charge in [0.05, 0.1) is 18.8 Å². The molecule has 398 valence electrons. The largest absolute Gasteiger partial charge is 0.394 e. The number of hydrogen-bond donors (Lipinski definition) is 3. The molecule has 2 atom stereocenters. The summed E-state index contributed by atoms with van der Waals surface area (Å²) < 4.78 is 0. The average Bonchev–Trinajstić information content (AvgIpc) is 3.33. The first-order valence-corrected chi connectivity index (χ1v) is 31.1. The van der Waals surface area contributed by atoms with E-state index in [1.54, 1.807) is 6.08 Å². The van der Waals surface area contributed by atoms with E-state index in [4.69, 9.17) is 0 Å². The fraction of sp³-hybridized carbons (Fsp3) is 0.921. The monoisotopic (exact) mass is 942 g/mol. The zero-order chi connectivity index (χ0) is 48.5. The molecule has 0 aliphatic rings. The molecule has 0 radical (unpaired) electrons. The molecule has 2 unspecified atom stereocenters. The molecule has 0 aromatic rings. The quantitative estimate of drug-likeness (QED) is 0.0420. The van der Waals surface area contributed by atoms with E-state index in [1.165, 1.54) is 308 Å². The van der Waals surface area contributed by atoms with Gasteiger partial charge in [-0.25, -0.2) is 0 Å². The number of unbranched alkanes of at least 4 members (excludes halogenated alkanes) is 49. The van der Waals surface area contributed by atoms with Gasteiger partial charge in [-0.2, -0.15) is 0 Å². The van der Waals surface area contributed by atoms with Crippen molar-refractivity contribution in [3.8, 4) is 0 Å². The molecule has 3 N–H and O–H groups in total. The van der Waals surface area contributed by atoms with E-state index in [9.17, 15) is 15.0 Å². The molecule has 0 aliphatic heterocycles. The maximum absolute atomic E-state index is 12.5. The number of nitrogens with one attached hydrogen (secondary N) is 1. The third-order valence-electron chi connectivity index (χ3n) is 14.7. The van der Waals surface area contributed by atoms with Crippen LogP contribution in [0.4, 0.5) is 0 Å². The molecular formula is C63H123NO3. The summed E-state index contributed by atoms with van der Waals surface area (Å²) in [5, 5.41) is 23.2. The van der Waals surface area contributed by atoms with Crippen molar-refractivity contribution in [1.29, 1.82) is 0 Å². The van der Waals surface area contributed by atoms with Gasteiger partial charge in [0.2, 0.25) is 5.91 Å². The molecule has 67 heavy (non-hydrogen) atoms. The van der Waals surface area contributed by atoms with E-state index in [-0.39, 0.29) is 12.5 Å². The van der Waals surface area contributed by atoms with E-state index < -0.39 is 12.1 Å². The summed E-state index contributed by atoms with van der Waals surface area (Å²) in [5.41, 5.74) is 0. The van der Waals surface area contributed by atoms with Crippen molar-refractivity contribution >= 4 is 5.91 Å². The SMILES string of the molecule is CCCCCCCCCC/C=C\CCCCCCCCCCCCCCCCCCCCCC(=O)NC(CO)C(O)/C=C/CCCCCCCCCCCCCCCCCCCCCCCC. The first-order valence-electron chi connectivity index (χ1n) is 31.1. The van der Waals surface area contributed by atoms with Crippen LogP contribution >= 0.6 is 0 Å². The van der Waals surface area contributed by atoms with Crippen molar-refractivity contribution in [2.24, 2.45) is 0 Å². The fourth-order valence-corrected chi connectivity index (χ4v) is 9.94. The second-order valence-electron chi connectivity index (χ2n) is 21.5. The van der Waals surface area contributed by atoms with Gasteiger partial charge in [-0.05, 0) is 44.9 Å². The number of amides is 1. The third-order valence-corrected chi connectivity index (χ3v) is 14.7. The Labute approximate surface area is 421 Å². The molecular weight excluding hydrogens is 819 g/mol. The van der Waals surface area contributed by atoms with Crippen molar-refractivity contribution in [3.63, 3.8) is 0 Å². The Morgan fingerprint density at radius 1 is 0.343 bits per heavy atom. The first-order chi connectivity index (χ1) is 33.2. The van der Waals surface area contributed by atoms with E-state index in [0.29, 0.717) is 6.42 Å². The highest BCUT2D eigenvalue weighted by Gasteiger charge is 2.18. The molecule has 0 spiro atoms. The summed E-state index contributed by atoms with van der Waals surface area (Å²) in [7, 11) is 0. The Balaban J connectivity index is 3.43. The van der Waals surface area contributed by atoms with Crippen LogP contribution in [0.25, 0.3) is 0 Å². The van der Waals surface area contributed by atoms with Gasteiger partial charge < -0.3 is 15.5 Å². The molecule has 4 heteroatoms. The predicted molar refractivity (Wildman–Crippen MR) is 299 cm³/mol. The lowest BCUT2D eigenvalue weighted by atomic mass is 10.0. The fourth-order valence-electron chi connectivity index (χ4n) is 9.94. The topological polar surface area (TPSA) is 69.6 Å². The van der Waals surface area contributed by atoms with Crippen molar-refractivity contribution in [2.45, 2.75) is 366 Å². The van der Waals surface area contributed by atoms with Gasteiger partial charge in [0.15, 0.2) is 0 Å². The molecule has 0 bridgehead atoms. The van der Waals surface area contributed by atoms with Gasteiger partial charge >= 0.3 is 0 Å². The van der Waals surface area contributed by atoms with Crippen molar-refractivity contribution in [2.75, 3.05) is 6.61 Å². The second-order valence-corrected chi connectivity index (χ2v) is 21.5. The predicted octanol–water partition coefficient (Wildman–Crippen LogP) is 20.7. The lowest BCUT2D eigenvalue weighted by molar-refractivity contribution is -0.123. The molecule has 0 fully saturated rings. The zero-order valence-corrected chi connectivity index (χ0v) is 46.0. The minimum absolute atomic E-state index is 0.0560. The van der Waals surface area contributed by atoms with Crippen molar-refractivity contribution in [1.82, 2.24) is 5.32 Å². The highest BCUT2D eigenvalue weighted by molar-refractivity contribution is 5.76. The van der Waals surface area contributed by atoms with Gasteiger partial charge in [0, 0.05) is 6.42 Å². The number of carbonyl (C=O) groups is 1. The van der Waals surface area contributed by atoms with Gasteiger partial charge in [-0.3, -0.25) is 4.79 Å². The van der Waals surface area contributed by atoms with Crippen LogP contribution in [0.15, 0.2) is 24.3 Å². The minimum Gasteiger partial charge on any atom is -0.394 e. The number of aliphatic hydroxyl groups excluding tert-OH is 2. The minimum atomic E-state index is -0.838. The zero-order valence-electron chi connectivity index (χ0n) is 46.0. The molecule has 0 aliphatic carbocycles. The summed E-state index contributed by atoms with van der Waals surface area (Å²) in [6, 6.07) is -0.620. The Kier molecular flexibility index (Phi) is 58.2. The van der Waals surface area contributed by atoms with E-state index in [0.717, 1.165) is 25.7 Å². The summed E-state index contributed by atoms with van der Waals surface area (Å²) in [4.78, 5) is 12.5. The molecule has 1 amide bonds. The number of hydrogen-bond acceptors (Lipinski definition) is 3. The summed E-state index contributed by atoms with van der Waals surface area (Å²) in [6.45, 7) is 4.35. The van der Waals surface area contributed by atoms with Gasteiger partial charge in [0.1, 0.15) is 0 Å². The standard InChI is InChI=1S/C63H123NO3/c1-3-5-7-9-11-13-15-17-19-21-23-25-27-29-30-31-32-33-34-35-37-39-41-43-45-47-49-51-53-55-57-59-63(67)64-61(60-65)62(66)58-56-54-52-50-48-46-44-42-40-38-36-28-26-24-22-20-18-16-14-12-10-8-6-4-2/h21,23,56,58,61-62,65-66H,3-20,22,24-55,57,59-60H2,1-2H3,(H,64,67)/b23-21-,58-56+. The van der Waals surface area contributed by atoms with E-state index in [1.807, 2.05) is 6.08 Å². The molecule has 0 heterocycles. The molecule has 0 saturated heterocycles. The van der Waals surface area contributed by atoms with E-state index in [2.05, 4.69) is 31.3 Å². The molecule has 0 saturated carbocycles. The summed E-state index contributed by atoms with van der Waals surface area (Å²) in [6.07, 6.45) is 79.4. The van der Waals surface area contributed by atoms with Crippen LogP contribution in [0.3, 0.4) is 0 Å². The van der Waals surface area contributed by atoms with Crippen LogP contribution in [0.1, 0.15) is 354 Å². The van der Waals surface area contributed by atoms with Crippen LogP contribution in [-0.2, 0) is 4.79 Å². The van der Waals surface area contributed by atoms with Crippen molar-refractivity contribution < 1.29 is 15.0 Å². The summed E-state index contributed by atoms with van der Waals surface area (Å²) >= 11 is 0. The Bertz CT molecular complexity index is 978. The normalized spacial score (nSPS) is 12.8. The molecule has 4 nitrogen and oxygen atoms in total. The summed E-state index contributed by atoms with van der Waals surface area (Å²) in [5.74, 6) is -0.0560. The van der Waals surface area contributed by atoms with Crippen LogP contribution < -0.4 is 5.32 Å². The Morgan fingerprint density at radius 2 is 0.567 bits per heavy atom. The van der Waals surface area contributed by atoms with Gasteiger partial charge in [-0.1, -0.05) is 327 Å². The first kappa shape index (κ1) is 65.9. The maximum atomic E-state index is 12.5. The highest BCUT2D eigenvalue weighted by Crippen LogP contribution is 2.18. The average molecular weight is 943 g/mol. The second kappa shape index (κ2) is 59.2. The lowest BCUT2D eigenvalue weighted by Gasteiger charge is -2.20. The van der Waals surface area contributed by atoms with Crippen molar-refractivity contribution in [3.05, 3.63) is 24.3 Å². The van der Waals surface area contributed by atoms with Gasteiger partial charge in [0.25, 0.3) is 0 Å². The van der Waals surface area contributed by atoms with Crippen LogP contribution in [0.2, 0.25) is 0 Å². The Hall–Kier alpha value is -1.13.